The van der Waals surface area contributed by atoms with E-state index in [9.17, 15) is 9.59 Å². The van der Waals surface area contributed by atoms with Crippen LogP contribution >= 0.6 is 0 Å². The first kappa shape index (κ1) is 14.7. The maximum absolute atomic E-state index is 11.0. The van der Waals surface area contributed by atoms with Gasteiger partial charge < -0.3 is 19.9 Å². The lowest BCUT2D eigenvalue weighted by molar-refractivity contribution is -0.164. The fraction of sp³-hybridized carbons (Fsp3) is 0.700. The number of esters is 1. The number of ether oxygens (including phenoxy) is 2. The number of hydrogen-bond acceptors (Lipinski definition) is 5. The molecule has 1 unspecified atom stereocenters. The summed E-state index contributed by atoms with van der Waals surface area (Å²) < 4.78 is 9.45. The van der Waals surface area contributed by atoms with Crippen LogP contribution in [-0.2, 0) is 14.3 Å². The Morgan fingerprint density at radius 3 is 2.56 bits per heavy atom. The van der Waals surface area contributed by atoms with Gasteiger partial charge in [-0.2, -0.15) is 0 Å². The fourth-order valence-electron chi connectivity index (χ4n) is 0.866. The SMILES string of the molecule is [CH2][C@@H](O)CNC(=O)OC(C)OC(=O)CCC. The normalized spacial score (nSPS) is 13.8. The summed E-state index contributed by atoms with van der Waals surface area (Å²) in [7, 11) is 0. The lowest BCUT2D eigenvalue weighted by Crippen LogP contribution is -2.34. The average molecular weight is 232 g/mol. The number of nitrogens with one attached hydrogen (secondary N) is 1. The van der Waals surface area contributed by atoms with Gasteiger partial charge in [-0.3, -0.25) is 4.79 Å². The van der Waals surface area contributed by atoms with E-state index in [0.717, 1.165) is 0 Å². The lowest BCUT2D eigenvalue weighted by atomic mass is 10.3. The molecule has 0 aromatic heterocycles. The highest BCUT2D eigenvalue weighted by Crippen LogP contribution is 1.99. The minimum Gasteiger partial charge on any atom is -0.425 e. The molecule has 1 amide bonds. The van der Waals surface area contributed by atoms with Crippen LogP contribution in [0.2, 0.25) is 0 Å². The van der Waals surface area contributed by atoms with Crippen LogP contribution in [0.1, 0.15) is 26.7 Å². The van der Waals surface area contributed by atoms with E-state index >= 15 is 0 Å². The molecule has 0 aromatic carbocycles. The Bertz CT molecular complexity index is 229. The molecule has 0 bridgehead atoms. The van der Waals surface area contributed by atoms with Crippen LogP contribution in [-0.4, -0.2) is 36.1 Å². The predicted molar refractivity (Wildman–Crippen MR) is 56.3 cm³/mol. The lowest BCUT2D eigenvalue weighted by Gasteiger charge is -2.14. The molecule has 93 valence electrons. The number of aliphatic hydroxyl groups is 1. The molecule has 2 N–H and O–H groups in total. The van der Waals surface area contributed by atoms with Crippen LogP contribution in [0.3, 0.4) is 0 Å². The Morgan fingerprint density at radius 2 is 2.06 bits per heavy atom. The molecule has 0 saturated heterocycles. The van der Waals surface area contributed by atoms with Gasteiger partial charge in [0.25, 0.3) is 0 Å². The summed E-state index contributed by atoms with van der Waals surface area (Å²) in [5.41, 5.74) is 0. The van der Waals surface area contributed by atoms with Crippen LogP contribution in [0, 0.1) is 6.92 Å². The van der Waals surface area contributed by atoms with Gasteiger partial charge in [0.05, 0.1) is 6.10 Å². The first-order valence-electron chi connectivity index (χ1n) is 5.10. The van der Waals surface area contributed by atoms with Crippen molar-refractivity contribution in [3.63, 3.8) is 0 Å². The van der Waals surface area contributed by atoms with E-state index in [-0.39, 0.29) is 13.0 Å². The molecule has 0 rings (SSSR count). The molecule has 0 aliphatic carbocycles. The average Bonchev–Trinajstić information content (AvgIpc) is 2.14. The molecule has 6 heteroatoms. The standard InChI is InChI=1S/C10H18NO5/c1-4-5-9(13)15-8(3)16-10(14)11-6-7(2)12/h7-8,12H,2,4-6H2,1,3H3,(H,11,14)/t7-,8?/m1/s1. The predicted octanol–water partition coefficient (Wildman–Crippen LogP) is 0.597. The largest absolute Gasteiger partial charge is 0.425 e. The number of hydrogen-bond donors (Lipinski definition) is 2. The van der Waals surface area contributed by atoms with Gasteiger partial charge in [-0.15, -0.1) is 0 Å². The van der Waals surface area contributed by atoms with Crippen molar-refractivity contribution in [2.75, 3.05) is 6.54 Å². The monoisotopic (exact) mass is 232 g/mol. The van der Waals surface area contributed by atoms with E-state index in [0.29, 0.717) is 6.42 Å². The number of aliphatic hydroxyl groups excluding tert-OH is 1. The van der Waals surface area contributed by atoms with Crippen molar-refractivity contribution in [3.05, 3.63) is 6.92 Å². The van der Waals surface area contributed by atoms with Crippen molar-refractivity contribution in [3.8, 4) is 0 Å². The fourth-order valence-corrected chi connectivity index (χ4v) is 0.866. The van der Waals surface area contributed by atoms with Gasteiger partial charge in [-0.1, -0.05) is 6.92 Å². The van der Waals surface area contributed by atoms with E-state index in [1.54, 1.807) is 0 Å². The Labute approximate surface area is 94.9 Å². The molecule has 0 spiro atoms. The van der Waals surface area contributed by atoms with Gasteiger partial charge in [-0.25, -0.2) is 4.79 Å². The quantitative estimate of drug-likeness (QED) is 0.517. The molecule has 2 atom stereocenters. The van der Waals surface area contributed by atoms with Crippen molar-refractivity contribution in [2.24, 2.45) is 0 Å². The third-order valence-electron chi connectivity index (χ3n) is 1.51. The first-order chi connectivity index (χ1) is 7.45. The minimum absolute atomic E-state index is 0.0194. The Balaban J connectivity index is 3.73. The Hall–Kier alpha value is -1.30. The number of rotatable bonds is 6. The van der Waals surface area contributed by atoms with Crippen LogP contribution < -0.4 is 5.32 Å². The zero-order valence-corrected chi connectivity index (χ0v) is 9.56. The summed E-state index contributed by atoms with van der Waals surface area (Å²) in [6, 6.07) is 0. The molecule has 0 fully saturated rings. The maximum atomic E-state index is 11.0. The highest BCUT2D eigenvalue weighted by atomic mass is 16.7. The third kappa shape index (κ3) is 8.05. The third-order valence-corrected chi connectivity index (χ3v) is 1.51. The molecule has 0 aromatic rings. The van der Waals surface area contributed by atoms with Gasteiger partial charge in [0.1, 0.15) is 0 Å². The highest BCUT2D eigenvalue weighted by molar-refractivity contribution is 5.70. The molecular formula is C10H18NO5. The van der Waals surface area contributed by atoms with Crippen molar-refractivity contribution in [1.82, 2.24) is 5.32 Å². The molecule has 16 heavy (non-hydrogen) atoms. The van der Waals surface area contributed by atoms with E-state index in [1.807, 2.05) is 6.92 Å². The van der Waals surface area contributed by atoms with Crippen molar-refractivity contribution < 1.29 is 24.2 Å². The second-order valence-electron chi connectivity index (χ2n) is 3.25. The molecule has 0 saturated carbocycles. The summed E-state index contributed by atoms with van der Waals surface area (Å²) >= 11 is 0. The number of alkyl carbamates (subject to hydrolysis) is 1. The van der Waals surface area contributed by atoms with Crippen LogP contribution in [0.4, 0.5) is 4.79 Å². The molecule has 0 aliphatic rings. The second kappa shape index (κ2) is 7.92. The summed E-state index contributed by atoms with van der Waals surface area (Å²) in [6.07, 6.45) is -1.65. The van der Waals surface area contributed by atoms with Gasteiger partial charge in [0, 0.05) is 19.9 Å². The van der Waals surface area contributed by atoms with Crippen molar-refractivity contribution in [1.29, 1.82) is 0 Å². The zero-order chi connectivity index (χ0) is 12.6. The smallest absolute Gasteiger partial charge is 0.410 e. The molecule has 0 aliphatic heterocycles. The molecule has 6 nitrogen and oxygen atoms in total. The summed E-state index contributed by atoms with van der Waals surface area (Å²) in [6.45, 7) is 6.52. The number of carbonyl (C=O) groups excluding carboxylic acids is 2. The van der Waals surface area contributed by atoms with Crippen LogP contribution in [0.5, 0.6) is 0 Å². The number of carbonyl (C=O) groups is 2. The van der Waals surface area contributed by atoms with Gasteiger partial charge >= 0.3 is 12.1 Å². The molecule has 1 radical (unpaired) electrons. The second-order valence-corrected chi connectivity index (χ2v) is 3.25. The summed E-state index contributed by atoms with van der Waals surface area (Å²) in [5.74, 6) is -0.417. The van der Waals surface area contributed by atoms with E-state index in [2.05, 4.69) is 17.0 Å². The number of amides is 1. The first-order valence-corrected chi connectivity index (χ1v) is 5.10. The van der Waals surface area contributed by atoms with Gasteiger partial charge in [0.15, 0.2) is 0 Å². The maximum Gasteiger partial charge on any atom is 0.410 e. The minimum atomic E-state index is -0.944. The van der Waals surface area contributed by atoms with E-state index in [4.69, 9.17) is 9.84 Å². The molecular weight excluding hydrogens is 214 g/mol. The summed E-state index contributed by atoms with van der Waals surface area (Å²) in [4.78, 5) is 22.1. The molecule has 0 heterocycles. The zero-order valence-electron chi connectivity index (χ0n) is 9.56. The van der Waals surface area contributed by atoms with E-state index in [1.165, 1.54) is 6.92 Å². The van der Waals surface area contributed by atoms with Gasteiger partial charge in [-0.05, 0) is 13.3 Å². The van der Waals surface area contributed by atoms with Crippen LogP contribution in [0.15, 0.2) is 0 Å². The topological polar surface area (TPSA) is 84.9 Å². The van der Waals surface area contributed by atoms with Gasteiger partial charge in [0.2, 0.25) is 6.29 Å². The summed E-state index contributed by atoms with van der Waals surface area (Å²) in [5, 5.41) is 11.0. The van der Waals surface area contributed by atoms with Crippen LogP contribution in [0.25, 0.3) is 0 Å². The highest BCUT2D eigenvalue weighted by Gasteiger charge is 2.13. The Kier molecular flexibility index (Phi) is 7.28. The Morgan fingerprint density at radius 1 is 1.44 bits per heavy atom. The van der Waals surface area contributed by atoms with E-state index < -0.39 is 24.5 Å². The van der Waals surface area contributed by atoms with Crippen molar-refractivity contribution in [2.45, 2.75) is 39.1 Å². The van der Waals surface area contributed by atoms with Crippen molar-refractivity contribution >= 4 is 12.1 Å².